The lowest BCUT2D eigenvalue weighted by Gasteiger charge is -2.17. The van der Waals surface area contributed by atoms with Gasteiger partial charge in [0.25, 0.3) is 0 Å². The molecule has 2 heterocycles. The third kappa shape index (κ3) is 3.53. The van der Waals surface area contributed by atoms with E-state index in [9.17, 15) is 4.79 Å². The maximum Gasteiger partial charge on any atom is 0.321 e. The van der Waals surface area contributed by atoms with Crippen molar-refractivity contribution in [3.05, 3.63) is 47.7 Å². The molecule has 1 aliphatic heterocycles. The molecule has 2 amide bonds. The molecule has 2 aromatic rings. The number of benzene rings is 1. The summed E-state index contributed by atoms with van der Waals surface area (Å²) in [5.74, 6) is 1.61. The summed E-state index contributed by atoms with van der Waals surface area (Å²) in [6, 6.07) is 8.24. The quantitative estimate of drug-likeness (QED) is 0.860. The van der Waals surface area contributed by atoms with Gasteiger partial charge >= 0.3 is 6.03 Å². The fourth-order valence-electron chi connectivity index (χ4n) is 2.63. The summed E-state index contributed by atoms with van der Waals surface area (Å²) in [6.45, 7) is 6.19. The molecular weight excluding hydrogens is 292 g/mol. The number of hydrogen-bond donors (Lipinski definition) is 2. The summed E-state index contributed by atoms with van der Waals surface area (Å²) in [6.07, 6.45) is 2.58. The normalized spacial score (nSPS) is 15.7. The van der Waals surface area contributed by atoms with Crippen molar-refractivity contribution in [2.24, 2.45) is 0 Å². The molecule has 1 fully saturated rings. The number of carbonyl (C=O) groups excluding carboxylic acids is 1. The molecule has 6 heteroatoms. The van der Waals surface area contributed by atoms with Crippen LogP contribution in [-0.2, 0) is 13.0 Å². The van der Waals surface area contributed by atoms with E-state index in [-0.39, 0.29) is 12.1 Å². The lowest BCUT2D eigenvalue weighted by molar-refractivity contribution is 0.252. The highest BCUT2D eigenvalue weighted by Crippen LogP contribution is 2.21. The Morgan fingerprint density at radius 3 is 2.78 bits per heavy atom. The average Bonchev–Trinajstić information content (AvgIpc) is 3.21. The molecule has 6 nitrogen and oxygen atoms in total. The van der Waals surface area contributed by atoms with E-state index in [0.717, 1.165) is 30.3 Å². The molecule has 122 valence electrons. The maximum absolute atomic E-state index is 11.7. The lowest BCUT2D eigenvalue weighted by Crippen LogP contribution is -2.27. The monoisotopic (exact) mass is 314 g/mol. The number of aromatic nitrogens is 1. The Morgan fingerprint density at radius 1 is 1.39 bits per heavy atom. The zero-order chi connectivity index (χ0) is 16.2. The first kappa shape index (κ1) is 15.6. The van der Waals surface area contributed by atoms with E-state index in [1.807, 2.05) is 19.1 Å². The molecule has 0 aliphatic carbocycles. The summed E-state index contributed by atoms with van der Waals surface area (Å²) < 4.78 is 5.59. The number of nitrogens with zero attached hydrogens (tertiary/aromatic N) is 2. The fourth-order valence-corrected chi connectivity index (χ4v) is 2.63. The van der Waals surface area contributed by atoms with Crippen molar-refractivity contribution in [3.8, 4) is 0 Å². The molecule has 1 aromatic heterocycles. The van der Waals surface area contributed by atoms with Gasteiger partial charge in [-0.1, -0.05) is 19.1 Å². The standard InChI is InChI=1S/C17H22N4O2/c1-3-16-20-11-15(23-16)10-19-12(2)13-4-6-14(7-5-13)21-9-8-18-17(21)22/h4-7,11-12,19H,3,8-10H2,1-2H3,(H,18,22). The molecule has 23 heavy (non-hydrogen) atoms. The minimum atomic E-state index is -0.0269. The predicted molar refractivity (Wildman–Crippen MR) is 88.3 cm³/mol. The number of carbonyl (C=O) groups is 1. The molecule has 1 atom stereocenters. The average molecular weight is 314 g/mol. The van der Waals surface area contributed by atoms with Crippen molar-refractivity contribution in [3.63, 3.8) is 0 Å². The second-order valence-electron chi connectivity index (χ2n) is 5.65. The van der Waals surface area contributed by atoms with Crippen molar-refractivity contribution < 1.29 is 9.21 Å². The van der Waals surface area contributed by atoms with Crippen LogP contribution in [0.15, 0.2) is 34.9 Å². The van der Waals surface area contributed by atoms with E-state index >= 15 is 0 Å². The zero-order valence-electron chi connectivity index (χ0n) is 13.5. The van der Waals surface area contributed by atoms with Crippen molar-refractivity contribution in [1.29, 1.82) is 0 Å². The van der Waals surface area contributed by atoms with E-state index < -0.39 is 0 Å². The van der Waals surface area contributed by atoms with Gasteiger partial charge < -0.3 is 15.1 Å². The van der Waals surface area contributed by atoms with Gasteiger partial charge in [-0.25, -0.2) is 9.78 Å². The smallest absolute Gasteiger partial charge is 0.321 e. The van der Waals surface area contributed by atoms with Crippen molar-refractivity contribution in [2.75, 3.05) is 18.0 Å². The van der Waals surface area contributed by atoms with Crippen LogP contribution in [-0.4, -0.2) is 24.1 Å². The van der Waals surface area contributed by atoms with Crippen LogP contribution < -0.4 is 15.5 Å². The molecule has 0 radical (unpaired) electrons. The summed E-state index contributed by atoms with van der Waals surface area (Å²) in [7, 11) is 0. The summed E-state index contributed by atoms with van der Waals surface area (Å²) in [4.78, 5) is 17.6. The van der Waals surface area contributed by atoms with Crippen LogP contribution >= 0.6 is 0 Å². The van der Waals surface area contributed by atoms with Gasteiger partial charge in [-0.05, 0) is 24.6 Å². The van der Waals surface area contributed by atoms with Gasteiger partial charge in [0.1, 0.15) is 5.76 Å². The highest BCUT2D eigenvalue weighted by Gasteiger charge is 2.21. The topological polar surface area (TPSA) is 70.4 Å². The first-order valence-electron chi connectivity index (χ1n) is 7.99. The third-order valence-electron chi connectivity index (χ3n) is 4.05. The molecule has 1 aromatic carbocycles. The first-order valence-corrected chi connectivity index (χ1v) is 7.99. The highest BCUT2D eigenvalue weighted by molar-refractivity contribution is 5.93. The Hall–Kier alpha value is -2.34. The zero-order valence-corrected chi connectivity index (χ0v) is 13.5. The maximum atomic E-state index is 11.7. The van der Waals surface area contributed by atoms with Gasteiger partial charge in [-0.15, -0.1) is 0 Å². The van der Waals surface area contributed by atoms with Crippen LogP contribution in [0.3, 0.4) is 0 Å². The molecule has 2 N–H and O–H groups in total. The Bertz CT molecular complexity index is 665. The second-order valence-corrected chi connectivity index (χ2v) is 5.65. The summed E-state index contributed by atoms with van der Waals surface area (Å²) in [5, 5.41) is 6.23. The first-order chi connectivity index (χ1) is 11.2. The molecular formula is C17H22N4O2. The lowest BCUT2D eigenvalue weighted by atomic mass is 10.1. The van der Waals surface area contributed by atoms with Crippen LogP contribution in [0.4, 0.5) is 10.5 Å². The van der Waals surface area contributed by atoms with Gasteiger partial charge in [0, 0.05) is 31.2 Å². The van der Waals surface area contributed by atoms with Crippen molar-refractivity contribution in [1.82, 2.24) is 15.6 Å². The minimum absolute atomic E-state index is 0.0269. The van der Waals surface area contributed by atoms with E-state index in [1.54, 1.807) is 11.1 Å². The summed E-state index contributed by atoms with van der Waals surface area (Å²) >= 11 is 0. The molecule has 0 saturated carbocycles. The number of aryl methyl sites for hydroxylation is 1. The van der Waals surface area contributed by atoms with Gasteiger partial charge in [-0.3, -0.25) is 4.90 Å². The number of anilines is 1. The van der Waals surface area contributed by atoms with Gasteiger partial charge in [0.15, 0.2) is 5.89 Å². The Kier molecular flexibility index (Phi) is 4.62. The van der Waals surface area contributed by atoms with E-state index in [4.69, 9.17) is 4.42 Å². The largest absolute Gasteiger partial charge is 0.444 e. The number of oxazole rings is 1. The number of urea groups is 1. The molecule has 1 unspecified atom stereocenters. The Morgan fingerprint density at radius 2 is 2.17 bits per heavy atom. The number of nitrogens with one attached hydrogen (secondary N) is 2. The van der Waals surface area contributed by atoms with E-state index in [1.165, 1.54) is 5.56 Å². The predicted octanol–water partition coefficient (Wildman–Crippen LogP) is 2.62. The Labute approximate surface area is 135 Å². The SMILES string of the molecule is CCc1ncc(CNC(C)c2ccc(N3CCNC3=O)cc2)o1. The van der Waals surface area contributed by atoms with Gasteiger partial charge in [0.05, 0.1) is 12.7 Å². The highest BCUT2D eigenvalue weighted by atomic mass is 16.4. The Balaban J connectivity index is 1.58. The van der Waals surface area contributed by atoms with Crippen LogP contribution in [0.5, 0.6) is 0 Å². The van der Waals surface area contributed by atoms with Gasteiger partial charge in [0.2, 0.25) is 0 Å². The van der Waals surface area contributed by atoms with Crippen LogP contribution in [0.1, 0.15) is 37.1 Å². The fraction of sp³-hybridized carbons (Fsp3) is 0.412. The number of hydrogen-bond acceptors (Lipinski definition) is 4. The van der Waals surface area contributed by atoms with Crippen LogP contribution in [0.2, 0.25) is 0 Å². The van der Waals surface area contributed by atoms with Gasteiger partial charge in [-0.2, -0.15) is 0 Å². The molecule has 3 rings (SSSR count). The van der Waals surface area contributed by atoms with E-state index in [2.05, 4.69) is 34.7 Å². The molecule has 1 aliphatic rings. The number of rotatable bonds is 6. The molecule has 0 spiro atoms. The summed E-state index contributed by atoms with van der Waals surface area (Å²) in [5.41, 5.74) is 2.10. The third-order valence-corrected chi connectivity index (χ3v) is 4.05. The van der Waals surface area contributed by atoms with E-state index in [0.29, 0.717) is 13.1 Å². The minimum Gasteiger partial charge on any atom is -0.444 e. The van der Waals surface area contributed by atoms with Crippen LogP contribution in [0, 0.1) is 0 Å². The molecule has 1 saturated heterocycles. The number of amides is 2. The molecule has 0 bridgehead atoms. The van der Waals surface area contributed by atoms with Crippen LogP contribution in [0.25, 0.3) is 0 Å². The second kappa shape index (κ2) is 6.83. The van der Waals surface area contributed by atoms with Crippen molar-refractivity contribution >= 4 is 11.7 Å². The van der Waals surface area contributed by atoms with Crippen molar-refractivity contribution in [2.45, 2.75) is 32.9 Å².